The molecule has 2 N–H and O–H groups in total. The number of nitrogens with one attached hydrogen (secondary N) is 2. The van der Waals surface area contributed by atoms with Crippen molar-refractivity contribution in [3.05, 3.63) is 29.8 Å². The molecule has 1 atom stereocenters. The normalized spacial score (nSPS) is 20.8. The minimum Gasteiger partial charge on any atom is -0.347 e. The summed E-state index contributed by atoms with van der Waals surface area (Å²) in [6.07, 6.45) is 4.63. The van der Waals surface area contributed by atoms with Crippen LogP contribution >= 0.6 is 0 Å². The molecule has 6 nitrogen and oxygen atoms in total. The minimum absolute atomic E-state index is 0.0702. The summed E-state index contributed by atoms with van der Waals surface area (Å²) < 4.78 is 0. The first-order chi connectivity index (χ1) is 12.7. The molecule has 1 aliphatic carbocycles. The fourth-order valence-corrected chi connectivity index (χ4v) is 3.91. The molecule has 1 aromatic carbocycles. The van der Waals surface area contributed by atoms with Crippen molar-refractivity contribution in [2.24, 2.45) is 5.92 Å². The zero-order valence-corrected chi connectivity index (χ0v) is 16.4. The van der Waals surface area contributed by atoms with Crippen molar-refractivity contribution in [2.75, 3.05) is 11.9 Å². The van der Waals surface area contributed by atoms with Crippen LogP contribution in [0.15, 0.2) is 24.3 Å². The van der Waals surface area contributed by atoms with E-state index in [2.05, 4.69) is 10.6 Å². The highest BCUT2D eigenvalue weighted by molar-refractivity contribution is 6.05. The van der Waals surface area contributed by atoms with Gasteiger partial charge in [0.15, 0.2) is 0 Å². The Balaban J connectivity index is 1.68. The van der Waals surface area contributed by atoms with E-state index in [1.54, 1.807) is 24.3 Å². The molecule has 0 spiro atoms. The van der Waals surface area contributed by atoms with Crippen LogP contribution in [0.1, 0.15) is 63.2 Å². The van der Waals surface area contributed by atoms with Gasteiger partial charge in [0.05, 0.1) is 17.2 Å². The van der Waals surface area contributed by atoms with Gasteiger partial charge in [0, 0.05) is 24.5 Å². The summed E-state index contributed by atoms with van der Waals surface area (Å²) in [4.78, 5) is 39.5. The third kappa shape index (κ3) is 4.67. The van der Waals surface area contributed by atoms with Crippen molar-refractivity contribution in [1.29, 1.82) is 0 Å². The van der Waals surface area contributed by atoms with Gasteiger partial charge in [-0.1, -0.05) is 25.0 Å². The van der Waals surface area contributed by atoms with Crippen molar-refractivity contribution < 1.29 is 14.4 Å². The van der Waals surface area contributed by atoms with Crippen LogP contribution in [-0.2, 0) is 9.59 Å². The molecule has 0 aromatic heterocycles. The molecular formula is C21H29N3O3. The SMILES string of the molecule is CC(C)(C)NC(=O)c1ccccc1NC(=O)[C@H]1CC(=O)N(C2CCCC2)C1. The number of para-hydroxylation sites is 1. The van der Waals surface area contributed by atoms with Crippen LogP contribution in [0, 0.1) is 5.92 Å². The van der Waals surface area contributed by atoms with Crippen LogP contribution in [0.25, 0.3) is 0 Å². The number of carbonyl (C=O) groups excluding carboxylic acids is 3. The lowest BCUT2D eigenvalue weighted by molar-refractivity contribution is -0.129. The zero-order valence-electron chi connectivity index (χ0n) is 16.4. The van der Waals surface area contributed by atoms with Gasteiger partial charge in [-0.15, -0.1) is 0 Å². The summed E-state index contributed by atoms with van der Waals surface area (Å²) in [5, 5.41) is 5.79. The predicted molar refractivity (Wildman–Crippen MR) is 104 cm³/mol. The second-order valence-corrected chi connectivity index (χ2v) is 8.62. The fraction of sp³-hybridized carbons (Fsp3) is 0.571. The summed E-state index contributed by atoms with van der Waals surface area (Å²) in [6, 6.07) is 7.27. The van der Waals surface area contributed by atoms with E-state index in [0.717, 1.165) is 25.7 Å². The molecule has 0 radical (unpaired) electrons. The Hall–Kier alpha value is -2.37. The van der Waals surface area contributed by atoms with Crippen LogP contribution in [0.3, 0.4) is 0 Å². The molecule has 0 bridgehead atoms. The zero-order chi connectivity index (χ0) is 19.6. The second kappa shape index (κ2) is 7.71. The summed E-state index contributed by atoms with van der Waals surface area (Å²) >= 11 is 0. The van der Waals surface area contributed by atoms with E-state index >= 15 is 0 Å². The Kier molecular flexibility index (Phi) is 5.53. The Morgan fingerprint density at radius 2 is 1.78 bits per heavy atom. The molecule has 1 aliphatic heterocycles. The molecule has 146 valence electrons. The Morgan fingerprint density at radius 3 is 2.44 bits per heavy atom. The Labute approximate surface area is 160 Å². The first-order valence-corrected chi connectivity index (χ1v) is 9.76. The van der Waals surface area contributed by atoms with Gasteiger partial charge in [0.2, 0.25) is 11.8 Å². The van der Waals surface area contributed by atoms with Crippen LogP contribution in [-0.4, -0.2) is 40.7 Å². The number of nitrogens with zero attached hydrogens (tertiary/aromatic N) is 1. The first-order valence-electron chi connectivity index (χ1n) is 9.76. The average molecular weight is 371 g/mol. The van der Waals surface area contributed by atoms with E-state index in [1.165, 1.54) is 0 Å². The van der Waals surface area contributed by atoms with E-state index in [0.29, 0.717) is 23.8 Å². The maximum absolute atomic E-state index is 12.8. The van der Waals surface area contributed by atoms with Crippen molar-refractivity contribution in [3.8, 4) is 0 Å². The van der Waals surface area contributed by atoms with E-state index in [4.69, 9.17) is 0 Å². The highest BCUT2D eigenvalue weighted by atomic mass is 16.2. The quantitative estimate of drug-likeness (QED) is 0.854. The van der Waals surface area contributed by atoms with E-state index in [1.807, 2.05) is 25.7 Å². The third-order valence-corrected chi connectivity index (χ3v) is 5.21. The number of hydrogen-bond donors (Lipinski definition) is 2. The number of likely N-dealkylation sites (tertiary alicyclic amines) is 1. The van der Waals surface area contributed by atoms with Gasteiger partial charge < -0.3 is 15.5 Å². The highest BCUT2D eigenvalue weighted by Crippen LogP contribution is 2.30. The van der Waals surface area contributed by atoms with Gasteiger partial charge >= 0.3 is 0 Å². The molecule has 1 heterocycles. The Bertz CT molecular complexity index is 732. The van der Waals surface area contributed by atoms with Crippen molar-refractivity contribution >= 4 is 23.4 Å². The molecular weight excluding hydrogens is 342 g/mol. The summed E-state index contributed by atoms with van der Waals surface area (Å²) in [7, 11) is 0. The number of amides is 3. The molecule has 1 saturated carbocycles. The lowest BCUT2D eigenvalue weighted by atomic mass is 10.1. The lowest BCUT2D eigenvalue weighted by Gasteiger charge is -2.24. The standard InChI is InChI=1S/C21H29N3O3/c1-21(2,3)23-20(27)16-10-6-7-11-17(16)22-19(26)14-12-18(25)24(13-14)15-8-4-5-9-15/h6-7,10-11,14-15H,4-5,8-9,12-13H2,1-3H3,(H,22,26)(H,23,27)/t14-/m0/s1. The highest BCUT2D eigenvalue weighted by Gasteiger charge is 2.38. The smallest absolute Gasteiger partial charge is 0.253 e. The molecule has 2 fully saturated rings. The maximum Gasteiger partial charge on any atom is 0.253 e. The summed E-state index contributed by atoms with van der Waals surface area (Å²) in [5.74, 6) is -0.717. The first kappa shape index (κ1) is 19.4. The molecule has 1 aromatic rings. The number of rotatable bonds is 4. The number of benzene rings is 1. The number of hydrogen-bond acceptors (Lipinski definition) is 3. The maximum atomic E-state index is 12.8. The topological polar surface area (TPSA) is 78.5 Å². The van der Waals surface area contributed by atoms with Crippen LogP contribution in [0.2, 0.25) is 0 Å². The third-order valence-electron chi connectivity index (χ3n) is 5.21. The largest absolute Gasteiger partial charge is 0.347 e. The summed E-state index contributed by atoms with van der Waals surface area (Å²) in [5.41, 5.74) is 0.544. The molecule has 3 amide bonds. The molecule has 1 saturated heterocycles. The Morgan fingerprint density at radius 1 is 1.11 bits per heavy atom. The van der Waals surface area contributed by atoms with Gasteiger partial charge in [-0.2, -0.15) is 0 Å². The average Bonchev–Trinajstić information content (AvgIpc) is 3.23. The van der Waals surface area contributed by atoms with Crippen molar-refractivity contribution in [2.45, 2.75) is 64.5 Å². The molecule has 6 heteroatoms. The van der Waals surface area contributed by atoms with Crippen LogP contribution in [0.4, 0.5) is 5.69 Å². The van der Waals surface area contributed by atoms with E-state index in [-0.39, 0.29) is 35.6 Å². The van der Waals surface area contributed by atoms with Gasteiger partial charge in [-0.3, -0.25) is 14.4 Å². The van der Waals surface area contributed by atoms with E-state index < -0.39 is 0 Å². The number of carbonyl (C=O) groups is 3. The van der Waals surface area contributed by atoms with Gasteiger partial charge in [0.1, 0.15) is 0 Å². The van der Waals surface area contributed by atoms with Crippen molar-refractivity contribution in [3.63, 3.8) is 0 Å². The van der Waals surface area contributed by atoms with Gasteiger partial charge in [-0.05, 0) is 45.7 Å². The second-order valence-electron chi connectivity index (χ2n) is 8.62. The van der Waals surface area contributed by atoms with Gasteiger partial charge in [-0.25, -0.2) is 0 Å². The molecule has 27 heavy (non-hydrogen) atoms. The number of anilines is 1. The fourth-order valence-electron chi connectivity index (χ4n) is 3.91. The van der Waals surface area contributed by atoms with Crippen LogP contribution < -0.4 is 10.6 Å². The van der Waals surface area contributed by atoms with Crippen LogP contribution in [0.5, 0.6) is 0 Å². The van der Waals surface area contributed by atoms with Crippen molar-refractivity contribution in [1.82, 2.24) is 10.2 Å². The molecule has 3 rings (SSSR count). The molecule has 0 unspecified atom stereocenters. The predicted octanol–water partition coefficient (Wildman–Crippen LogP) is 2.94. The molecule has 2 aliphatic rings. The monoisotopic (exact) mass is 371 g/mol. The minimum atomic E-state index is -0.367. The lowest BCUT2D eigenvalue weighted by Crippen LogP contribution is -2.41. The van der Waals surface area contributed by atoms with Gasteiger partial charge in [0.25, 0.3) is 5.91 Å². The van der Waals surface area contributed by atoms with E-state index in [9.17, 15) is 14.4 Å². The summed E-state index contributed by atoms with van der Waals surface area (Å²) in [6.45, 7) is 6.21.